The highest BCUT2D eigenvalue weighted by Gasteiger charge is 2.12. The molecule has 1 aromatic rings. The minimum absolute atomic E-state index is 0.531. The normalized spacial score (nSPS) is 16.7. The number of nitrogens with one attached hydrogen (secondary N) is 1. The van der Waals surface area contributed by atoms with Gasteiger partial charge in [0.25, 0.3) is 0 Å². The number of rotatable bonds is 8. The second-order valence-electron chi connectivity index (χ2n) is 6.13. The highest BCUT2D eigenvalue weighted by Crippen LogP contribution is 2.20. The summed E-state index contributed by atoms with van der Waals surface area (Å²) in [5.41, 5.74) is 2.76. The lowest BCUT2D eigenvalue weighted by atomic mass is 10.2. The lowest BCUT2D eigenvalue weighted by molar-refractivity contribution is 0.270. The standard InChI is InChI=1S/C18H31N3/c1-4-20(5-2)15-16(3)19-14-17-8-10-18(11-9-17)21-12-6-7-13-21/h8-11,16,19H,4-7,12-15H2,1-3H3. The summed E-state index contributed by atoms with van der Waals surface area (Å²) in [6.07, 6.45) is 2.68. The average Bonchev–Trinajstić information content (AvgIpc) is 3.05. The third-order valence-corrected chi connectivity index (χ3v) is 4.49. The molecule has 0 bridgehead atoms. The van der Waals surface area contributed by atoms with Gasteiger partial charge in [0.1, 0.15) is 0 Å². The second kappa shape index (κ2) is 8.40. The third kappa shape index (κ3) is 5.01. The van der Waals surface area contributed by atoms with Gasteiger partial charge in [-0.15, -0.1) is 0 Å². The molecule has 3 heteroatoms. The van der Waals surface area contributed by atoms with E-state index in [4.69, 9.17) is 0 Å². The van der Waals surface area contributed by atoms with Gasteiger partial charge < -0.3 is 15.1 Å². The summed E-state index contributed by atoms with van der Waals surface area (Å²) >= 11 is 0. The summed E-state index contributed by atoms with van der Waals surface area (Å²) in [4.78, 5) is 4.95. The Kier molecular flexibility index (Phi) is 6.52. The van der Waals surface area contributed by atoms with Crippen molar-refractivity contribution in [3.63, 3.8) is 0 Å². The molecule has 1 aliphatic rings. The molecule has 1 fully saturated rings. The first-order valence-corrected chi connectivity index (χ1v) is 8.52. The molecule has 0 aliphatic carbocycles. The van der Waals surface area contributed by atoms with E-state index < -0.39 is 0 Å². The number of anilines is 1. The third-order valence-electron chi connectivity index (χ3n) is 4.49. The summed E-state index contributed by atoms with van der Waals surface area (Å²) in [6, 6.07) is 9.62. The topological polar surface area (TPSA) is 18.5 Å². The van der Waals surface area contributed by atoms with Gasteiger partial charge in [-0.05, 0) is 50.6 Å². The number of likely N-dealkylation sites (N-methyl/N-ethyl adjacent to an activating group) is 1. The van der Waals surface area contributed by atoms with E-state index in [0.717, 1.165) is 26.2 Å². The fraction of sp³-hybridized carbons (Fsp3) is 0.667. The highest BCUT2D eigenvalue weighted by atomic mass is 15.1. The van der Waals surface area contributed by atoms with Crippen LogP contribution in [0.4, 0.5) is 5.69 Å². The van der Waals surface area contributed by atoms with Crippen LogP contribution in [0.1, 0.15) is 39.2 Å². The smallest absolute Gasteiger partial charge is 0.0366 e. The Labute approximate surface area is 130 Å². The Morgan fingerprint density at radius 3 is 2.29 bits per heavy atom. The van der Waals surface area contributed by atoms with Crippen LogP contribution in [0.25, 0.3) is 0 Å². The first-order chi connectivity index (χ1) is 10.2. The predicted octanol–water partition coefficient (Wildman–Crippen LogP) is 3.11. The Bertz CT molecular complexity index is 391. The summed E-state index contributed by atoms with van der Waals surface area (Å²) in [5.74, 6) is 0. The predicted molar refractivity (Wildman–Crippen MR) is 92.0 cm³/mol. The molecule has 1 N–H and O–H groups in total. The fourth-order valence-corrected chi connectivity index (χ4v) is 3.03. The molecule has 0 saturated carbocycles. The van der Waals surface area contributed by atoms with E-state index in [0.29, 0.717) is 6.04 Å². The van der Waals surface area contributed by atoms with E-state index in [9.17, 15) is 0 Å². The monoisotopic (exact) mass is 289 g/mol. The van der Waals surface area contributed by atoms with Gasteiger partial charge in [0.05, 0.1) is 0 Å². The molecule has 1 atom stereocenters. The summed E-state index contributed by atoms with van der Waals surface area (Å²) in [7, 11) is 0. The molecule has 118 valence electrons. The van der Waals surface area contributed by atoms with Crippen LogP contribution in [-0.4, -0.2) is 43.7 Å². The molecule has 0 spiro atoms. The molecule has 0 aromatic heterocycles. The summed E-state index contributed by atoms with van der Waals surface area (Å²) in [6.45, 7) is 13.5. The van der Waals surface area contributed by atoms with Crippen LogP contribution in [0.5, 0.6) is 0 Å². The lowest BCUT2D eigenvalue weighted by Gasteiger charge is -2.23. The minimum atomic E-state index is 0.531. The van der Waals surface area contributed by atoms with Gasteiger partial charge in [0.2, 0.25) is 0 Å². The zero-order valence-electron chi connectivity index (χ0n) is 13.9. The zero-order valence-corrected chi connectivity index (χ0v) is 13.9. The van der Waals surface area contributed by atoms with Crippen LogP contribution in [-0.2, 0) is 6.54 Å². The van der Waals surface area contributed by atoms with E-state index in [1.165, 1.54) is 37.2 Å². The second-order valence-corrected chi connectivity index (χ2v) is 6.13. The Hall–Kier alpha value is -1.06. The first-order valence-electron chi connectivity index (χ1n) is 8.52. The number of benzene rings is 1. The Balaban J connectivity index is 1.77. The van der Waals surface area contributed by atoms with Gasteiger partial charge in [-0.1, -0.05) is 26.0 Å². The SMILES string of the molecule is CCN(CC)CC(C)NCc1ccc(N2CCCC2)cc1. The van der Waals surface area contributed by atoms with Crippen molar-refractivity contribution >= 4 is 5.69 Å². The van der Waals surface area contributed by atoms with Crippen molar-refractivity contribution in [1.29, 1.82) is 0 Å². The quantitative estimate of drug-likeness (QED) is 0.793. The molecule has 1 aromatic carbocycles. The van der Waals surface area contributed by atoms with Crippen molar-refractivity contribution in [1.82, 2.24) is 10.2 Å². The molecular weight excluding hydrogens is 258 g/mol. The van der Waals surface area contributed by atoms with Crippen molar-refractivity contribution in [2.24, 2.45) is 0 Å². The van der Waals surface area contributed by atoms with Gasteiger partial charge in [-0.3, -0.25) is 0 Å². The maximum absolute atomic E-state index is 3.63. The minimum Gasteiger partial charge on any atom is -0.372 e. The molecule has 21 heavy (non-hydrogen) atoms. The zero-order chi connectivity index (χ0) is 15.1. The molecule has 3 nitrogen and oxygen atoms in total. The largest absolute Gasteiger partial charge is 0.372 e. The van der Waals surface area contributed by atoms with Gasteiger partial charge in [0.15, 0.2) is 0 Å². The van der Waals surface area contributed by atoms with Crippen LogP contribution in [0.3, 0.4) is 0 Å². The van der Waals surface area contributed by atoms with Gasteiger partial charge in [-0.2, -0.15) is 0 Å². The van der Waals surface area contributed by atoms with E-state index in [2.05, 4.69) is 60.2 Å². The number of nitrogens with zero attached hydrogens (tertiary/aromatic N) is 2. The van der Waals surface area contributed by atoms with Gasteiger partial charge in [-0.25, -0.2) is 0 Å². The van der Waals surface area contributed by atoms with E-state index in [1.807, 2.05) is 0 Å². The van der Waals surface area contributed by atoms with Crippen molar-refractivity contribution in [2.75, 3.05) is 37.6 Å². The lowest BCUT2D eigenvalue weighted by Crippen LogP contribution is -2.38. The van der Waals surface area contributed by atoms with Crippen LogP contribution in [0.2, 0.25) is 0 Å². The maximum Gasteiger partial charge on any atom is 0.0366 e. The molecule has 2 rings (SSSR count). The number of hydrogen-bond acceptors (Lipinski definition) is 3. The van der Waals surface area contributed by atoms with Crippen molar-refractivity contribution in [2.45, 2.75) is 46.2 Å². The maximum atomic E-state index is 3.63. The summed E-state index contributed by atoms with van der Waals surface area (Å²) in [5, 5.41) is 3.63. The van der Waals surface area contributed by atoms with Crippen LogP contribution in [0.15, 0.2) is 24.3 Å². The van der Waals surface area contributed by atoms with E-state index in [-0.39, 0.29) is 0 Å². The Morgan fingerprint density at radius 1 is 1.10 bits per heavy atom. The van der Waals surface area contributed by atoms with Gasteiger partial charge in [0, 0.05) is 37.9 Å². The van der Waals surface area contributed by atoms with E-state index in [1.54, 1.807) is 0 Å². The van der Waals surface area contributed by atoms with Crippen molar-refractivity contribution in [3.05, 3.63) is 29.8 Å². The Morgan fingerprint density at radius 2 is 1.71 bits per heavy atom. The molecule has 1 aliphatic heterocycles. The van der Waals surface area contributed by atoms with Crippen LogP contribution < -0.4 is 10.2 Å². The highest BCUT2D eigenvalue weighted by molar-refractivity contribution is 5.48. The van der Waals surface area contributed by atoms with Gasteiger partial charge >= 0.3 is 0 Å². The molecule has 1 heterocycles. The van der Waals surface area contributed by atoms with Crippen molar-refractivity contribution in [3.8, 4) is 0 Å². The average molecular weight is 289 g/mol. The number of hydrogen-bond donors (Lipinski definition) is 1. The molecule has 1 unspecified atom stereocenters. The van der Waals surface area contributed by atoms with Crippen molar-refractivity contribution < 1.29 is 0 Å². The summed E-state index contributed by atoms with van der Waals surface area (Å²) < 4.78 is 0. The fourth-order valence-electron chi connectivity index (χ4n) is 3.03. The first kappa shape index (κ1) is 16.3. The van der Waals surface area contributed by atoms with Crippen LogP contribution >= 0.6 is 0 Å². The molecular formula is C18H31N3. The van der Waals surface area contributed by atoms with E-state index >= 15 is 0 Å². The molecule has 0 radical (unpaired) electrons. The molecule has 0 amide bonds. The van der Waals surface area contributed by atoms with Crippen LogP contribution in [0, 0.1) is 0 Å². The molecule has 1 saturated heterocycles.